The molecule has 1 atom stereocenters. The van der Waals surface area contributed by atoms with Gasteiger partial charge in [-0.15, -0.1) is 0 Å². The zero-order valence-electron chi connectivity index (χ0n) is 16.9. The fraction of sp³-hybridized carbons (Fsp3) is 0.217. The summed E-state index contributed by atoms with van der Waals surface area (Å²) in [5.74, 6) is 0.584. The highest BCUT2D eigenvalue weighted by atomic mass is 35.5. The average Bonchev–Trinajstić information content (AvgIpc) is 2.70. The minimum Gasteiger partial charge on any atom is -0.497 e. The van der Waals surface area contributed by atoms with E-state index in [4.69, 9.17) is 16.3 Å². The zero-order valence-corrected chi connectivity index (χ0v) is 18.5. The Balaban J connectivity index is 2.19. The predicted octanol–water partition coefficient (Wildman–Crippen LogP) is 5.92. The Kier molecular flexibility index (Phi) is 6.20. The van der Waals surface area contributed by atoms with Gasteiger partial charge in [0.1, 0.15) is 5.75 Å². The van der Waals surface area contributed by atoms with E-state index >= 15 is 0 Å². The van der Waals surface area contributed by atoms with Gasteiger partial charge in [-0.2, -0.15) is 0 Å². The second-order valence-electron chi connectivity index (χ2n) is 7.00. The predicted molar refractivity (Wildman–Crippen MR) is 118 cm³/mol. The Morgan fingerprint density at radius 3 is 2.34 bits per heavy atom. The van der Waals surface area contributed by atoms with Crippen molar-refractivity contribution in [2.24, 2.45) is 0 Å². The lowest BCUT2D eigenvalue weighted by Gasteiger charge is -2.31. The van der Waals surface area contributed by atoms with E-state index in [1.807, 2.05) is 45.0 Å². The second kappa shape index (κ2) is 8.47. The molecule has 152 valence electrons. The van der Waals surface area contributed by atoms with E-state index in [9.17, 15) is 8.42 Å². The van der Waals surface area contributed by atoms with E-state index in [2.05, 4.69) is 0 Å². The average molecular weight is 430 g/mol. The van der Waals surface area contributed by atoms with Crippen molar-refractivity contribution in [2.75, 3.05) is 11.4 Å². The molecule has 0 bridgehead atoms. The van der Waals surface area contributed by atoms with Crippen LogP contribution in [0.2, 0.25) is 5.02 Å². The molecule has 0 spiro atoms. The number of hydrogen-bond donors (Lipinski definition) is 0. The summed E-state index contributed by atoms with van der Waals surface area (Å²) in [7, 11) is -2.33. The highest BCUT2D eigenvalue weighted by molar-refractivity contribution is 7.92. The summed E-state index contributed by atoms with van der Waals surface area (Å²) in [6.07, 6.45) is 0. The number of methoxy groups -OCH3 is 1. The third-order valence-electron chi connectivity index (χ3n) is 4.88. The lowest BCUT2D eigenvalue weighted by Crippen LogP contribution is -2.33. The van der Waals surface area contributed by atoms with Gasteiger partial charge in [0, 0.05) is 11.1 Å². The fourth-order valence-corrected chi connectivity index (χ4v) is 5.14. The third-order valence-corrected chi connectivity index (χ3v) is 7.19. The molecule has 3 rings (SSSR count). The molecule has 4 nitrogen and oxygen atoms in total. The summed E-state index contributed by atoms with van der Waals surface area (Å²) in [5.41, 5.74) is 3.31. The Bertz CT molecular complexity index is 1130. The molecule has 0 unspecified atom stereocenters. The van der Waals surface area contributed by atoms with Crippen molar-refractivity contribution in [2.45, 2.75) is 31.7 Å². The molecule has 0 N–H and O–H groups in total. The van der Waals surface area contributed by atoms with E-state index in [-0.39, 0.29) is 4.90 Å². The van der Waals surface area contributed by atoms with E-state index in [0.29, 0.717) is 16.5 Å². The van der Waals surface area contributed by atoms with Crippen LogP contribution in [-0.2, 0) is 10.0 Å². The molecule has 3 aromatic rings. The molecule has 0 radical (unpaired) electrons. The van der Waals surface area contributed by atoms with Crippen LogP contribution in [0.15, 0.2) is 71.6 Å². The first-order valence-corrected chi connectivity index (χ1v) is 11.1. The minimum atomic E-state index is -3.89. The molecule has 0 aliphatic heterocycles. The van der Waals surface area contributed by atoms with Crippen LogP contribution in [0.1, 0.15) is 29.7 Å². The molecule has 0 aliphatic carbocycles. The number of aryl methyl sites for hydroxylation is 2. The molecular formula is C23H24ClNO3S. The van der Waals surface area contributed by atoms with E-state index in [1.165, 1.54) is 10.4 Å². The lowest BCUT2D eigenvalue weighted by molar-refractivity contribution is 0.415. The van der Waals surface area contributed by atoms with Gasteiger partial charge in [0.25, 0.3) is 10.0 Å². The van der Waals surface area contributed by atoms with Crippen molar-refractivity contribution >= 4 is 27.3 Å². The van der Waals surface area contributed by atoms with E-state index in [0.717, 1.165) is 16.7 Å². The number of rotatable bonds is 6. The Morgan fingerprint density at radius 1 is 0.966 bits per heavy atom. The maximum absolute atomic E-state index is 13.7. The number of halogens is 1. The van der Waals surface area contributed by atoms with Crippen molar-refractivity contribution in [1.29, 1.82) is 0 Å². The highest BCUT2D eigenvalue weighted by Gasteiger charge is 2.31. The zero-order chi connectivity index (χ0) is 21.2. The molecule has 0 aliphatic rings. The number of anilines is 1. The van der Waals surface area contributed by atoms with Crippen LogP contribution >= 0.6 is 11.6 Å². The number of sulfonamides is 1. The molecule has 0 aromatic heterocycles. The van der Waals surface area contributed by atoms with Crippen molar-refractivity contribution in [3.8, 4) is 5.75 Å². The van der Waals surface area contributed by atoms with Gasteiger partial charge in [0.15, 0.2) is 0 Å². The Hall–Kier alpha value is -2.50. The maximum Gasteiger partial charge on any atom is 0.264 e. The summed E-state index contributed by atoms with van der Waals surface area (Å²) >= 11 is 6.23. The summed E-state index contributed by atoms with van der Waals surface area (Å²) in [5, 5.41) is 0.417. The van der Waals surface area contributed by atoms with Crippen LogP contribution in [0.3, 0.4) is 0 Å². The molecule has 0 fully saturated rings. The van der Waals surface area contributed by atoms with Gasteiger partial charge in [-0.25, -0.2) is 8.42 Å². The molecule has 0 amide bonds. The first-order chi connectivity index (χ1) is 13.7. The van der Waals surface area contributed by atoms with Gasteiger partial charge in [0.05, 0.1) is 23.7 Å². The molecule has 3 aromatic carbocycles. The van der Waals surface area contributed by atoms with Crippen molar-refractivity contribution in [3.63, 3.8) is 0 Å². The molecule has 0 heterocycles. The SMILES string of the molecule is COc1cccc(N([C@H](C)c2cccc(C)c2)S(=O)(=O)c2ccc(C)c(Cl)c2)c1. The highest BCUT2D eigenvalue weighted by Crippen LogP contribution is 2.36. The van der Waals surface area contributed by atoms with Crippen LogP contribution in [0.5, 0.6) is 5.75 Å². The van der Waals surface area contributed by atoms with Crippen LogP contribution in [0, 0.1) is 13.8 Å². The van der Waals surface area contributed by atoms with Gasteiger partial charge in [-0.3, -0.25) is 4.31 Å². The maximum atomic E-state index is 13.7. The van der Waals surface area contributed by atoms with Crippen molar-refractivity contribution in [1.82, 2.24) is 0 Å². The monoisotopic (exact) mass is 429 g/mol. The van der Waals surface area contributed by atoms with Gasteiger partial charge in [0.2, 0.25) is 0 Å². The summed E-state index contributed by atoms with van der Waals surface area (Å²) in [4.78, 5) is 0.149. The van der Waals surface area contributed by atoms with Gasteiger partial charge >= 0.3 is 0 Å². The Labute approximate surface area is 177 Å². The first-order valence-electron chi connectivity index (χ1n) is 9.25. The number of benzene rings is 3. The van der Waals surface area contributed by atoms with Gasteiger partial charge in [-0.05, 0) is 56.2 Å². The minimum absolute atomic E-state index is 0.149. The fourth-order valence-electron chi connectivity index (χ4n) is 3.23. The molecule has 29 heavy (non-hydrogen) atoms. The number of nitrogens with zero attached hydrogens (tertiary/aromatic N) is 1. The quantitative estimate of drug-likeness (QED) is 0.488. The topological polar surface area (TPSA) is 46.6 Å². The first kappa shape index (κ1) is 21.2. The molecule has 0 saturated carbocycles. The van der Waals surface area contributed by atoms with Crippen LogP contribution in [0.25, 0.3) is 0 Å². The summed E-state index contributed by atoms with van der Waals surface area (Å²) in [6, 6.07) is 19.3. The smallest absolute Gasteiger partial charge is 0.264 e. The van der Waals surface area contributed by atoms with Gasteiger partial charge < -0.3 is 4.74 Å². The third kappa shape index (κ3) is 4.41. The summed E-state index contributed by atoms with van der Waals surface area (Å²) < 4.78 is 34.2. The van der Waals surface area contributed by atoms with Crippen LogP contribution in [0.4, 0.5) is 5.69 Å². The molecule has 6 heteroatoms. The normalized spacial score (nSPS) is 12.4. The molecular weight excluding hydrogens is 406 g/mol. The lowest BCUT2D eigenvalue weighted by atomic mass is 10.1. The largest absolute Gasteiger partial charge is 0.497 e. The van der Waals surface area contributed by atoms with E-state index in [1.54, 1.807) is 43.5 Å². The van der Waals surface area contributed by atoms with Crippen LogP contribution in [-0.4, -0.2) is 15.5 Å². The Morgan fingerprint density at radius 2 is 1.69 bits per heavy atom. The van der Waals surface area contributed by atoms with Crippen molar-refractivity contribution in [3.05, 3.63) is 88.4 Å². The standard InChI is InChI=1S/C23H24ClNO3S/c1-16-7-5-8-19(13-16)18(3)25(20-9-6-10-21(14-20)28-4)29(26,27)22-12-11-17(2)23(24)15-22/h5-15,18H,1-4H3/t18-/m1/s1. The number of ether oxygens (including phenoxy) is 1. The van der Waals surface area contributed by atoms with Crippen LogP contribution < -0.4 is 9.04 Å². The van der Waals surface area contributed by atoms with E-state index < -0.39 is 16.1 Å². The molecule has 0 saturated heterocycles. The van der Waals surface area contributed by atoms with Gasteiger partial charge in [-0.1, -0.05) is 53.6 Å². The second-order valence-corrected chi connectivity index (χ2v) is 9.23. The van der Waals surface area contributed by atoms with Crippen molar-refractivity contribution < 1.29 is 13.2 Å². The number of hydrogen-bond acceptors (Lipinski definition) is 3. The summed E-state index contributed by atoms with van der Waals surface area (Å²) in [6.45, 7) is 5.70.